The molecule has 0 amide bonds. The quantitative estimate of drug-likeness (QED) is 0.167. The molecular weight excluding hydrogens is 735 g/mol. The van der Waals surface area contributed by atoms with E-state index in [4.69, 9.17) is 4.42 Å². The average Bonchev–Trinajstić information content (AvgIpc) is 3.89. The lowest BCUT2D eigenvalue weighted by Crippen LogP contribution is -2.11. The van der Waals surface area contributed by atoms with Gasteiger partial charge < -0.3 is 9.32 Å². The van der Waals surface area contributed by atoms with Crippen molar-refractivity contribution in [1.82, 2.24) is 0 Å². The summed E-state index contributed by atoms with van der Waals surface area (Å²) in [5, 5.41) is 9.65. The van der Waals surface area contributed by atoms with Gasteiger partial charge in [0.1, 0.15) is 5.58 Å². The molecule has 0 N–H and O–H groups in total. The van der Waals surface area contributed by atoms with E-state index in [1.54, 1.807) is 0 Å². The first kappa shape index (κ1) is 33.7. The standard InChI is InChI=1S/C56H35NOS/c1-2-14-37(15-3-1)42-23-11-25-47-48-26-12-27-51(56(48)58-55(42)47)57(39-32-30-38(31-33-39)41-22-10-17-36-16-4-5-18-40(36)41)50-35-34-44(43-19-6-7-20-45(43)50)46-24-13-29-53-54(46)49-21-8-9-28-52(49)59-53/h1-35H. The van der Waals surface area contributed by atoms with E-state index in [1.165, 1.54) is 58.6 Å². The summed E-state index contributed by atoms with van der Waals surface area (Å²) < 4.78 is 9.69. The number of furan rings is 1. The maximum absolute atomic E-state index is 7.08. The van der Waals surface area contributed by atoms with Crippen LogP contribution in [0.4, 0.5) is 17.1 Å². The Labute approximate surface area is 345 Å². The Bertz CT molecular complexity index is 3550. The average molecular weight is 770 g/mol. The second kappa shape index (κ2) is 13.6. The summed E-state index contributed by atoms with van der Waals surface area (Å²) in [4.78, 5) is 2.40. The Morgan fingerprint density at radius 3 is 1.78 bits per heavy atom. The van der Waals surface area contributed by atoms with Crippen LogP contribution in [-0.4, -0.2) is 0 Å². The van der Waals surface area contributed by atoms with Crippen molar-refractivity contribution in [2.45, 2.75) is 0 Å². The zero-order chi connectivity index (χ0) is 38.9. The van der Waals surface area contributed by atoms with Crippen molar-refractivity contribution >= 4 is 92.1 Å². The first-order valence-electron chi connectivity index (χ1n) is 20.1. The maximum Gasteiger partial charge on any atom is 0.159 e. The summed E-state index contributed by atoms with van der Waals surface area (Å²) in [6.07, 6.45) is 0. The largest absolute Gasteiger partial charge is 0.453 e. The normalized spacial score (nSPS) is 11.7. The van der Waals surface area contributed by atoms with E-state index in [2.05, 4.69) is 217 Å². The Morgan fingerprint density at radius 1 is 0.322 bits per heavy atom. The molecule has 3 heteroatoms. The number of hydrogen-bond donors (Lipinski definition) is 0. The molecule has 0 fully saturated rings. The molecule has 0 aliphatic rings. The van der Waals surface area contributed by atoms with Crippen molar-refractivity contribution in [2.75, 3.05) is 4.90 Å². The highest BCUT2D eigenvalue weighted by atomic mass is 32.1. The van der Waals surface area contributed by atoms with Gasteiger partial charge in [-0.1, -0.05) is 176 Å². The molecular formula is C56H35NOS. The second-order valence-electron chi connectivity index (χ2n) is 15.2. The molecule has 0 spiro atoms. The lowest BCUT2D eigenvalue weighted by molar-refractivity contribution is 0.670. The zero-order valence-corrected chi connectivity index (χ0v) is 32.8. The predicted octanol–water partition coefficient (Wildman–Crippen LogP) is 16.7. The van der Waals surface area contributed by atoms with Crippen LogP contribution in [0.5, 0.6) is 0 Å². The Balaban J connectivity index is 1.10. The highest BCUT2D eigenvalue weighted by Crippen LogP contribution is 2.48. The van der Waals surface area contributed by atoms with E-state index < -0.39 is 0 Å². The molecule has 276 valence electrons. The summed E-state index contributed by atoms with van der Waals surface area (Å²) in [7, 11) is 0. The maximum atomic E-state index is 7.08. The molecule has 0 bridgehead atoms. The number of nitrogens with zero attached hydrogens (tertiary/aromatic N) is 1. The number of anilines is 3. The van der Waals surface area contributed by atoms with Gasteiger partial charge in [-0.25, -0.2) is 0 Å². The summed E-state index contributed by atoms with van der Waals surface area (Å²) in [6, 6.07) is 76.8. The van der Waals surface area contributed by atoms with Gasteiger partial charge in [0.25, 0.3) is 0 Å². The van der Waals surface area contributed by atoms with Crippen LogP contribution >= 0.6 is 11.3 Å². The van der Waals surface area contributed by atoms with E-state index in [0.717, 1.165) is 55.5 Å². The molecule has 2 aromatic heterocycles. The van der Waals surface area contributed by atoms with Crippen molar-refractivity contribution in [3.8, 4) is 33.4 Å². The predicted molar refractivity (Wildman–Crippen MR) is 253 cm³/mol. The minimum Gasteiger partial charge on any atom is -0.453 e. The third-order valence-corrected chi connectivity index (χ3v) is 13.0. The molecule has 12 aromatic rings. The van der Waals surface area contributed by atoms with E-state index in [1.807, 2.05) is 11.3 Å². The summed E-state index contributed by atoms with van der Waals surface area (Å²) >= 11 is 1.86. The fourth-order valence-corrected chi connectivity index (χ4v) is 10.3. The minimum atomic E-state index is 0.853. The fraction of sp³-hybridized carbons (Fsp3) is 0. The molecule has 59 heavy (non-hydrogen) atoms. The third kappa shape index (κ3) is 5.40. The minimum absolute atomic E-state index is 0.853. The van der Waals surface area contributed by atoms with Gasteiger partial charge in [0, 0.05) is 47.6 Å². The molecule has 0 unspecified atom stereocenters. The Hall–Kier alpha value is -7.46. The van der Waals surface area contributed by atoms with Crippen LogP contribution in [0, 0.1) is 0 Å². The van der Waals surface area contributed by atoms with Crippen LogP contribution in [-0.2, 0) is 0 Å². The monoisotopic (exact) mass is 769 g/mol. The van der Waals surface area contributed by atoms with Gasteiger partial charge in [-0.15, -0.1) is 11.3 Å². The molecule has 0 radical (unpaired) electrons. The van der Waals surface area contributed by atoms with E-state index in [9.17, 15) is 0 Å². The summed E-state index contributed by atoms with van der Waals surface area (Å²) in [5.74, 6) is 0. The summed E-state index contributed by atoms with van der Waals surface area (Å²) in [5.41, 5.74) is 12.0. The topological polar surface area (TPSA) is 16.4 Å². The van der Waals surface area contributed by atoms with Crippen molar-refractivity contribution in [1.29, 1.82) is 0 Å². The van der Waals surface area contributed by atoms with Crippen LogP contribution in [0.1, 0.15) is 0 Å². The van der Waals surface area contributed by atoms with Gasteiger partial charge in [0.15, 0.2) is 5.58 Å². The van der Waals surface area contributed by atoms with Gasteiger partial charge in [-0.3, -0.25) is 0 Å². The van der Waals surface area contributed by atoms with Crippen molar-refractivity contribution in [3.63, 3.8) is 0 Å². The number of para-hydroxylation sites is 2. The number of fused-ring (bicyclic) bond motifs is 8. The van der Waals surface area contributed by atoms with Gasteiger partial charge in [0.2, 0.25) is 0 Å². The SMILES string of the molecule is c1ccc(-c2cccc3c2oc2c(N(c4ccc(-c5cccc6ccccc56)cc4)c4ccc(-c5cccc6sc7ccccc7c56)c5ccccc45)cccc23)cc1. The molecule has 10 aromatic carbocycles. The fourth-order valence-electron chi connectivity index (χ4n) is 9.21. The number of benzene rings is 10. The van der Waals surface area contributed by atoms with Crippen molar-refractivity contribution in [2.24, 2.45) is 0 Å². The Kier molecular flexibility index (Phi) is 7.75. The molecule has 0 atom stereocenters. The number of rotatable bonds is 6. The Morgan fingerprint density at radius 2 is 0.915 bits per heavy atom. The van der Waals surface area contributed by atoms with Gasteiger partial charge in [0.05, 0.1) is 11.4 Å². The smallest absolute Gasteiger partial charge is 0.159 e. The van der Waals surface area contributed by atoms with Crippen LogP contribution in [0.15, 0.2) is 217 Å². The molecule has 2 nitrogen and oxygen atoms in total. The number of thiophene rings is 1. The highest BCUT2D eigenvalue weighted by molar-refractivity contribution is 7.25. The summed E-state index contributed by atoms with van der Waals surface area (Å²) in [6.45, 7) is 0. The lowest BCUT2D eigenvalue weighted by Gasteiger charge is -2.28. The highest BCUT2D eigenvalue weighted by Gasteiger charge is 2.24. The zero-order valence-electron chi connectivity index (χ0n) is 32.0. The van der Waals surface area contributed by atoms with Gasteiger partial charge in [-0.05, 0) is 80.4 Å². The van der Waals surface area contributed by atoms with Crippen LogP contribution in [0.3, 0.4) is 0 Å². The molecule has 12 rings (SSSR count). The van der Waals surface area contributed by atoms with Crippen molar-refractivity contribution in [3.05, 3.63) is 212 Å². The van der Waals surface area contributed by atoms with Crippen LogP contribution in [0.25, 0.3) is 97.0 Å². The van der Waals surface area contributed by atoms with Crippen LogP contribution in [0.2, 0.25) is 0 Å². The molecule has 0 aliphatic heterocycles. The third-order valence-electron chi connectivity index (χ3n) is 11.9. The van der Waals surface area contributed by atoms with E-state index in [-0.39, 0.29) is 0 Å². The first-order chi connectivity index (χ1) is 29.3. The van der Waals surface area contributed by atoms with Crippen molar-refractivity contribution < 1.29 is 4.42 Å². The first-order valence-corrected chi connectivity index (χ1v) is 20.9. The number of hydrogen-bond acceptors (Lipinski definition) is 3. The van der Waals surface area contributed by atoms with E-state index >= 15 is 0 Å². The molecule has 2 heterocycles. The van der Waals surface area contributed by atoms with E-state index in [0.29, 0.717) is 0 Å². The van der Waals surface area contributed by atoms with Crippen LogP contribution < -0.4 is 4.90 Å². The molecule has 0 aliphatic carbocycles. The molecule has 0 saturated heterocycles. The molecule has 0 saturated carbocycles. The van der Waals surface area contributed by atoms with Gasteiger partial charge in [-0.2, -0.15) is 0 Å². The second-order valence-corrected chi connectivity index (χ2v) is 16.3. The van der Waals surface area contributed by atoms with Gasteiger partial charge >= 0.3 is 0 Å². The lowest BCUT2D eigenvalue weighted by atomic mass is 9.93.